The van der Waals surface area contributed by atoms with Crippen LogP contribution in [-0.2, 0) is 12.8 Å². The number of nitrogens with two attached hydrogens (primary N) is 1. The fourth-order valence-electron chi connectivity index (χ4n) is 2.76. The second kappa shape index (κ2) is 4.19. The summed E-state index contributed by atoms with van der Waals surface area (Å²) in [5, 5.41) is 0. The quantitative estimate of drug-likeness (QED) is 0.838. The molecular weight excluding hydrogens is 196 g/mol. The van der Waals surface area contributed by atoms with Gasteiger partial charge in [-0.3, -0.25) is 4.90 Å². The minimum absolute atomic E-state index is 0.137. The lowest BCUT2D eigenvalue weighted by Gasteiger charge is -2.40. The van der Waals surface area contributed by atoms with E-state index in [-0.39, 0.29) is 5.54 Å². The molecule has 1 aliphatic rings. The average Bonchev–Trinajstić information content (AvgIpc) is 2.67. The minimum atomic E-state index is 0.137. The Kier molecular flexibility index (Phi) is 3.04. The van der Waals surface area contributed by atoms with Gasteiger partial charge in [-0.2, -0.15) is 0 Å². The Morgan fingerprint density at radius 1 is 1.25 bits per heavy atom. The Bertz CT molecular complexity index is 346. The van der Waals surface area contributed by atoms with Crippen LogP contribution in [0.25, 0.3) is 0 Å². The largest absolute Gasteiger partial charge is 0.329 e. The van der Waals surface area contributed by atoms with E-state index in [0.717, 1.165) is 19.4 Å². The van der Waals surface area contributed by atoms with Crippen LogP contribution in [0.5, 0.6) is 0 Å². The van der Waals surface area contributed by atoms with Crippen molar-refractivity contribution in [2.45, 2.75) is 38.3 Å². The van der Waals surface area contributed by atoms with Gasteiger partial charge in [-0.05, 0) is 44.9 Å². The third kappa shape index (κ3) is 1.76. The van der Waals surface area contributed by atoms with Crippen LogP contribution in [0.4, 0.5) is 0 Å². The van der Waals surface area contributed by atoms with Crippen molar-refractivity contribution in [3.8, 4) is 0 Å². The van der Waals surface area contributed by atoms with Crippen LogP contribution in [0.2, 0.25) is 0 Å². The molecule has 0 aromatic heterocycles. The summed E-state index contributed by atoms with van der Waals surface area (Å²) in [5.74, 6) is 0. The third-order valence-corrected chi connectivity index (χ3v) is 4.06. The lowest BCUT2D eigenvalue weighted by molar-refractivity contribution is 0.101. The fourth-order valence-corrected chi connectivity index (χ4v) is 2.76. The van der Waals surface area contributed by atoms with Gasteiger partial charge < -0.3 is 5.73 Å². The first-order valence-electron chi connectivity index (χ1n) is 6.09. The van der Waals surface area contributed by atoms with Gasteiger partial charge in [0, 0.05) is 18.1 Å². The molecule has 1 aromatic carbocycles. The molecular formula is C14H22N2. The zero-order valence-electron chi connectivity index (χ0n) is 10.5. The SMILES string of the molecule is CC(C)N(C)C1(CN)Cc2ccccc2C1. The molecule has 0 heterocycles. The molecule has 0 unspecified atom stereocenters. The standard InChI is InChI=1S/C14H22N2/c1-11(2)16(3)14(10-15)8-12-6-4-5-7-13(12)9-14/h4-7,11H,8-10,15H2,1-3H3. The van der Waals surface area contributed by atoms with Crippen molar-refractivity contribution in [3.05, 3.63) is 35.4 Å². The summed E-state index contributed by atoms with van der Waals surface area (Å²) >= 11 is 0. The molecule has 0 fully saturated rings. The Morgan fingerprint density at radius 2 is 1.75 bits per heavy atom. The van der Waals surface area contributed by atoms with Gasteiger partial charge in [0.15, 0.2) is 0 Å². The minimum Gasteiger partial charge on any atom is -0.329 e. The highest BCUT2D eigenvalue weighted by Gasteiger charge is 2.40. The first-order chi connectivity index (χ1) is 7.59. The maximum atomic E-state index is 6.05. The summed E-state index contributed by atoms with van der Waals surface area (Å²) < 4.78 is 0. The monoisotopic (exact) mass is 218 g/mol. The van der Waals surface area contributed by atoms with Crippen molar-refractivity contribution in [1.29, 1.82) is 0 Å². The molecule has 0 radical (unpaired) electrons. The number of nitrogens with zero attached hydrogens (tertiary/aromatic N) is 1. The Labute approximate surface area is 98.4 Å². The second-order valence-corrected chi connectivity index (χ2v) is 5.26. The second-order valence-electron chi connectivity index (χ2n) is 5.26. The van der Waals surface area contributed by atoms with Gasteiger partial charge in [0.2, 0.25) is 0 Å². The van der Waals surface area contributed by atoms with Gasteiger partial charge in [-0.15, -0.1) is 0 Å². The fraction of sp³-hybridized carbons (Fsp3) is 0.571. The van der Waals surface area contributed by atoms with E-state index < -0.39 is 0 Å². The van der Waals surface area contributed by atoms with Gasteiger partial charge in [0.1, 0.15) is 0 Å². The number of rotatable bonds is 3. The summed E-state index contributed by atoms with van der Waals surface area (Å²) in [5.41, 5.74) is 9.13. The molecule has 0 spiro atoms. The molecule has 2 heteroatoms. The zero-order chi connectivity index (χ0) is 11.8. The van der Waals surface area contributed by atoms with Gasteiger partial charge in [-0.1, -0.05) is 24.3 Å². The molecule has 1 aliphatic carbocycles. The van der Waals surface area contributed by atoms with E-state index in [2.05, 4.69) is 50.1 Å². The maximum absolute atomic E-state index is 6.05. The number of likely N-dealkylation sites (N-methyl/N-ethyl adjacent to an activating group) is 1. The van der Waals surface area contributed by atoms with E-state index >= 15 is 0 Å². The van der Waals surface area contributed by atoms with Crippen LogP contribution in [0.1, 0.15) is 25.0 Å². The molecule has 88 valence electrons. The molecule has 2 N–H and O–H groups in total. The molecule has 0 saturated carbocycles. The Morgan fingerprint density at radius 3 is 2.12 bits per heavy atom. The summed E-state index contributed by atoms with van der Waals surface area (Å²) in [6.07, 6.45) is 2.18. The molecule has 0 bridgehead atoms. The number of hydrogen-bond donors (Lipinski definition) is 1. The third-order valence-electron chi connectivity index (χ3n) is 4.06. The molecule has 0 saturated heterocycles. The molecule has 0 aliphatic heterocycles. The molecule has 0 atom stereocenters. The van der Waals surface area contributed by atoms with Gasteiger partial charge >= 0.3 is 0 Å². The highest BCUT2D eigenvalue weighted by molar-refractivity contribution is 5.36. The Balaban J connectivity index is 2.29. The lowest BCUT2D eigenvalue weighted by Crippen LogP contribution is -2.55. The molecule has 2 nitrogen and oxygen atoms in total. The maximum Gasteiger partial charge on any atom is 0.0411 e. The van der Waals surface area contributed by atoms with Crippen LogP contribution in [-0.4, -0.2) is 30.1 Å². The topological polar surface area (TPSA) is 29.3 Å². The first kappa shape index (κ1) is 11.6. The van der Waals surface area contributed by atoms with Crippen molar-refractivity contribution in [2.24, 2.45) is 5.73 Å². The average molecular weight is 218 g/mol. The van der Waals surface area contributed by atoms with Crippen molar-refractivity contribution in [3.63, 3.8) is 0 Å². The van der Waals surface area contributed by atoms with Crippen LogP contribution < -0.4 is 5.73 Å². The van der Waals surface area contributed by atoms with Gasteiger partial charge in [0.25, 0.3) is 0 Å². The molecule has 1 aromatic rings. The smallest absolute Gasteiger partial charge is 0.0411 e. The predicted octanol–water partition coefficient (Wildman–Crippen LogP) is 1.82. The van der Waals surface area contributed by atoms with Crippen LogP contribution in [0, 0.1) is 0 Å². The van der Waals surface area contributed by atoms with E-state index in [1.165, 1.54) is 11.1 Å². The van der Waals surface area contributed by atoms with E-state index in [0.29, 0.717) is 6.04 Å². The lowest BCUT2D eigenvalue weighted by atomic mass is 9.92. The predicted molar refractivity (Wildman–Crippen MR) is 68.5 cm³/mol. The van der Waals surface area contributed by atoms with Crippen molar-refractivity contribution in [2.75, 3.05) is 13.6 Å². The summed E-state index contributed by atoms with van der Waals surface area (Å²) in [6.45, 7) is 5.21. The number of fused-ring (bicyclic) bond motifs is 1. The Hall–Kier alpha value is -0.860. The van der Waals surface area contributed by atoms with E-state index in [1.807, 2.05) is 0 Å². The molecule has 16 heavy (non-hydrogen) atoms. The zero-order valence-corrected chi connectivity index (χ0v) is 10.5. The van der Waals surface area contributed by atoms with Gasteiger partial charge in [-0.25, -0.2) is 0 Å². The highest BCUT2D eigenvalue weighted by Crippen LogP contribution is 2.34. The first-order valence-corrected chi connectivity index (χ1v) is 6.09. The van der Waals surface area contributed by atoms with Gasteiger partial charge in [0.05, 0.1) is 0 Å². The summed E-state index contributed by atoms with van der Waals surface area (Å²) in [7, 11) is 2.20. The van der Waals surface area contributed by atoms with Crippen molar-refractivity contribution in [1.82, 2.24) is 4.90 Å². The van der Waals surface area contributed by atoms with E-state index in [9.17, 15) is 0 Å². The van der Waals surface area contributed by atoms with Crippen molar-refractivity contribution < 1.29 is 0 Å². The van der Waals surface area contributed by atoms with Crippen molar-refractivity contribution >= 4 is 0 Å². The van der Waals surface area contributed by atoms with Crippen LogP contribution >= 0.6 is 0 Å². The van der Waals surface area contributed by atoms with E-state index in [1.54, 1.807) is 0 Å². The number of hydrogen-bond acceptors (Lipinski definition) is 2. The van der Waals surface area contributed by atoms with E-state index in [4.69, 9.17) is 5.73 Å². The normalized spacial score (nSPS) is 18.1. The highest BCUT2D eigenvalue weighted by atomic mass is 15.2. The summed E-state index contributed by atoms with van der Waals surface area (Å²) in [4.78, 5) is 2.44. The molecule has 0 amide bonds. The molecule has 2 rings (SSSR count). The van der Waals surface area contributed by atoms with Crippen LogP contribution in [0.3, 0.4) is 0 Å². The summed E-state index contributed by atoms with van der Waals surface area (Å²) in [6, 6.07) is 9.27. The van der Waals surface area contributed by atoms with Crippen LogP contribution in [0.15, 0.2) is 24.3 Å². The number of benzene rings is 1.